The molecule has 5 heterocycles. The number of hydrogen-bond acceptors (Lipinski definition) is 7. The van der Waals surface area contributed by atoms with Crippen molar-refractivity contribution in [2.45, 2.75) is 0 Å². The Hall–Kier alpha value is -7.84. The number of aromatic nitrogens is 5. The molecule has 56 heavy (non-hydrogen) atoms. The Balaban J connectivity index is 0.973. The molecule has 0 saturated carbocycles. The Kier molecular flexibility index (Phi) is 7.31. The first-order chi connectivity index (χ1) is 27.7. The number of benzene rings is 6. The third kappa shape index (κ3) is 5.39. The molecule has 0 saturated heterocycles. The molecule has 0 amide bonds. The summed E-state index contributed by atoms with van der Waals surface area (Å²) >= 11 is 0. The van der Waals surface area contributed by atoms with E-state index >= 15 is 0 Å². The van der Waals surface area contributed by atoms with E-state index < -0.39 is 0 Å². The molecule has 8 nitrogen and oxygen atoms in total. The number of rotatable bonds is 7. The van der Waals surface area contributed by atoms with Gasteiger partial charge in [-0.2, -0.15) is 0 Å². The number of para-hydroxylation sites is 2. The average molecular weight is 723 g/mol. The van der Waals surface area contributed by atoms with Crippen molar-refractivity contribution in [1.29, 1.82) is 0 Å². The van der Waals surface area contributed by atoms with Crippen molar-refractivity contribution in [3.63, 3.8) is 0 Å². The molecular formula is C48H30N6O2. The van der Waals surface area contributed by atoms with Crippen LogP contribution < -0.4 is 4.90 Å². The summed E-state index contributed by atoms with van der Waals surface area (Å²) in [7, 11) is 0. The number of pyridine rings is 2. The zero-order valence-corrected chi connectivity index (χ0v) is 29.8. The smallest absolute Gasteiger partial charge is 0.247 e. The van der Waals surface area contributed by atoms with Crippen LogP contribution in [0.2, 0.25) is 0 Å². The van der Waals surface area contributed by atoms with Crippen molar-refractivity contribution in [3.05, 3.63) is 182 Å². The lowest BCUT2D eigenvalue weighted by Crippen LogP contribution is -2.09. The predicted molar refractivity (Wildman–Crippen MR) is 222 cm³/mol. The Morgan fingerprint density at radius 2 is 0.911 bits per heavy atom. The van der Waals surface area contributed by atoms with E-state index in [-0.39, 0.29) is 0 Å². The highest BCUT2D eigenvalue weighted by atomic mass is 16.4. The Bertz CT molecular complexity index is 3000. The number of nitrogens with zero attached hydrogens (tertiary/aromatic N) is 6. The maximum absolute atomic E-state index is 5.97. The SMILES string of the molecule is c1ccc(-n2c3ccccc3c3cc(-c4ccc(N(c5ccc(-c6nc7cccnc7o6)cc5)c5ccc(-c6nc7cccnc7o6)cc5)cc4)ccc32)cc1. The molecule has 8 heteroatoms. The van der Waals surface area contributed by atoms with E-state index in [9.17, 15) is 0 Å². The van der Waals surface area contributed by atoms with Crippen LogP contribution >= 0.6 is 0 Å². The lowest BCUT2D eigenvalue weighted by atomic mass is 10.0. The lowest BCUT2D eigenvalue weighted by Gasteiger charge is -2.26. The van der Waals surface area contributed by atoms with E-state index in [1.54, 1.807) is 12.4 Å². The molecule has 0 unspecified atom stereocenters. The molecule has 0 radical (unpaired) electrons. The molecule has 5 aromatic heterocycles. The van der Waals surface area contributed by atoms with E-state index in [0.717, 1.165) is 56.0 Å². The van der Waals surface area contributed by atoms with Crippen LogP contribution in [-0.4, -0.2) is 24.5 Å². The van der Waals surface area contributed by atoms with Gasteiger partial charge in [-0.1, -0.05) is 54.6 Å². The van der Waals surface area contributed by atoms with Gasteiger partial charge >= 0.3 is 0 Å². The minimum absolute atomic E-state index is 0.518. The third-order valence-electron chi connectivity index (χ3n) is 10.2. The average Bonchev–Trinajstić information content (AvgIpc) is 3.99. The molecule has 0 aliphatic carbocycles. The van der Waals surface area contributed by atoms with Crippen LogP contribution in [0.3, 0.4) is 0 Å². The van der Waals surface area contributed by atoms with Gasteiger partial charge in [-0.3, -0.25) is 0 Å². The Morgan fingerprint density at radius 3 is 1.48 bits per heavy atom. The van der Waals surface area contributed by atoms with Crippen molar-refractivity contribution < 1.29 is 8.83 Å². The highest BCUT2D eigenvalue weighted by Gasteiger charge is 2.18. The van der Waals surface area contributed by atoms with E-state index in [1.807, 2.05) is 48.5 Å². The Labute approximate surface area is 320 Å². The zero-order chi connectivity index (χ0) is 37.0. The van der Waals surface area contributed by atoms with Crippen LogP contribution in [0, 0.1) is 0 Å². The second-order valence-corrected chi connectivity index (χ2v) is 13.6. The fourth-order valence-corrected chi connectivity index (χ4v) is 7.55. The monoisotopic (exact) mass is 722 g/mol. The Morgan fingerprint density at radius 1 is 0.411 bits per heavy atom. The largest absolute Gasteiger partial charge is 0.418 e. The summed E-state index contributed by atoms with van der Waals surface area (Å²) < 4.78 is 14.3. The van der Waals surface area contributed by atoms with E-state index in [4.69, 9.17) is 8.83 Å². The molecule has 0 aliphatic rings. The highest BCUT2D eigenvalue weighted by molar-refractivity contribution is 6.10. The van der Waals surface area contributed by atoms with E-state index in [0.29, 0.717) is 23.2 Å². The van der Waals surface area contributed by atoms with Crippen molar-refractivity contribution in [1.82, 2.24) is 24.5 Å². The van der Waals surface area contributed by atoms with Crippen molar-refractivity contribution >= 4 is 61.3 Å². The molecular weight excluding hydrogens is 693 g/mol. The maximum atomic E-state index is 5.97. The standard InChI is InChI=1S/C48H30N6O2/c1-2-8-35(9-3-1)54-43-13-5-4-10-39(43)40-30-34(20-27-44(40)54)31-14-21-36(22-15-31)53(37-23-16-32(17-24-37)45-51-41-11-6-28-49-47(41)55-45)38-25-18-33(19-26-38)46-52-42-12-7-29-50-48(42)56-46/h1-30H. The summed E-state index contributed by atoms with van der Waals surface area (Å²) in [5.74, 6) is 1.06. The van der Waals surface area contributed by atoms with Crippen LogP contribution in [-0.2, 0) is 0 Å². The first-order valence-corrected chi connectivity index (χ1v) is 18.4. The van der Waals surface area contributed by atoms with Crippen LogP contribution in [0.1, 0.15) is 0 Å². The van der Waals surface area contributed by atoms with Gasteiger partial charge in [-0.15, -0.1) is 0 Å². The second-order valence-electron chi connectivity index (χ2n) is 13.6. The lowest BCUT2D eigenvalue weighted by molar-refractivity contribution is 0.607. The van der Waals surface area contributed by atoms with E-state index in [2.05, 4.69) is 151 Å². The molecule has 0 fully saturated rings. The van der Waals surface area contributed by atoms with Gasteiger partial charge in [0.1, 0.15) is 11.0 Å². The topological polar surface area (TPSA) is 86.0 Å². The van der Waals surface area contributed by atoms with Gasteiger partial charge in [-0.25, -0.2) is 19.9 Å². The van der Waals surface area contributed by atoms with E-state index in [1.165, 1.54) is 21.8 Å². The molecule has 0 atom stereocenters. The van der Waals surface area contributed by atoms with Gasteiger partial charge in [0.05, 0.1) is 11.0 Å². The molecule has 0 spiro atoms. The second kappa shape index (κ2) is 12.9. The molecule has 0 bridgehead atoms. The summed E-state index contributed by atoms with van der Waals surface area (Å²) in [6, 6.07) is 58.6. The summed E-state index contributed by atoms with van der Waals surface area (Å²) in [5.41, 5.74) is 13.0. The summed E-state index contributed by atoms with van der Waals surface area (Å²) in [6.45, 7) is 0. The van der Waals surface area contributed by atoms with Gasteiger partial charge in [0, 0.05) is 57.0 Å². The van der Waals surface area contributed by atoms with Crippen LogP contribution in [0.5, 0.6) is 0 Å². The molecule has 6 aromatic carbocycles. The summed E-state index contributed by atoms with van der Waals surface area (Å²) in [6.07, 6.45) is 3.41. The summed E-state index contributed by atoms with van der Waals surface area (Å²) in [4.78, 5) is 20.2. The van der Waals surface area contributed by atoms with Gasteiger partial charge < -0.3 is 18.3 Å². The normalized spacial score (nSPS) is 11.6. The third-order valence-corrected chi connectivity index (χ3v) is 10.2. The number of fused-ring (bicyclic) bond motifs is 5. The molecule has 0 N–H and O–H groups in total. The number of anilines is 3. The quantitative estimate of drug-likeness (QED) is 0.162. The number of oxazole rings is 2. The number of hydrogen-bond donors (Lipinski definition) is 0. The first-order valence-electron chi connectivity index (χ1n) is 18.4. The van der Waals surface area contributed by atoms with Gasteiger partial charge in [-0.05, 0) is 126 Å². The fraction of sp³-hybridized carbons (Fsp3) is 0. The minimum atomic E-state index is 0.518. The maximum Gasteiger partial charge on any atom is 0.247 e. The van der Waals surface area contributed by atoms with Crippen LogP contribution in [0.4, 0.5) is 17.1 Å². The minimum Gasteiger partial charge on any atom is -0.418 e. The van der Waals surface area contributed by atoms with Crippen molar-refractivity contribution in [3.8, 4) is 39.7 Å². The highest BCUT2D eigenvalue weighted by Crippen LogP contribution is 2.39. The van der Waals surface area contributed by atoms with Crippen LogP contribution in [0.15, 0.2) is 191 Å². The van der Waals surface area contributed by atoms with Crippen molar-refractivity contribution in [2.24, 2.45) is 0 Å². The van der Waals surface area contributed by atoms with Gasteiger partial charge in [0.15, 0.2) is 0 Å². The molecule has 264 valence electrons. The summed E-state index contributed by atoms with van der Waals surface area (Å²) in [5, 5.41) is 2.45. The zero-order valence-electron chi connectivity index (χ0n) is 29.8. The first kappa shape index (κ1) is 31.7. The van der Waals surface area contributed by atoms with Gasteiger partial charge in [0.2, 0.25) is 23.2 Å². The van der Waals surface area contributed by atoms with Gasteiger partial charge in [0.25, 0.3) is 0 Å². The fourth-order valence-electron chi connectivity index (χ4n) is 7.55. The molecule has 0 aliphatic heterocycles. The van der Waals surface area contributed by atoms with Crippen LogP contribution in [0.25, 0.3) is 84.0 Å². The predicted octanol–water partition coefficient (Wildman–Crippen LogP) is 12.3. The van der Waals surface area contributed by atoms with Crippen molar-refractivity contribution in [2.75, 3.05) is 4.90 Å². The molecule has 11 aromatic rings. The molecule has 11 rings (SSSR count).